The van der Waals surface area contributed by atoms with E-state index in [0.29, 0.717) is 37.6 Å². The first-order valence-corrected chi connectivity index (χ1v) is 9.53. The average molecular weight is 384 g/mol. The molecule has 0 aromatic heterocycles. The SMILES string of the molecule is O=C1OCCCCOc2ccccc2OCCCCOC(=O)c2ccccc21. The van der Waals surface area contributed by atoms with E-state index >= 15 is 0 Å². The van der Waals surface area contributed by atoms with Crippen molar-refractivity contribution < 1.29 is 28.5 Å². The van der Waals surface area contributed by atoms with E-state index in [1.165, 1.54) is 0 Å². The van der Waals surface area contributed by atoms with Crippen LogP contribution >= 0.6 is 0 Å². The van der Waals surface area contributed by atoms with Gasteiger partial charge in [-0.2, -0.15) is 0 Å². The number of fused-ring (bicyclic) bond motifs is 2. The molecule has 0 saturated carbocycles. The molecule has 6 nitrogen and oxygen atoms in total. The number of hydrogen-bond donors (Lipinski definition) is 0. The number of cyclic esters (lactones) is 2. The number of ether oxygens (including phenoxy) is 4. The van der Waals surface area contributed by atoms with Crippen LogP contribution in [-0.4, -0.2) is 38.4 Å². The maximum Gasteiger partial charge on any atom is 0.339 e. The van der Waals surface area contributed by atoms with Crippen LogP contribution in [0.15, 0.2) is 48.5 Å². The molecule has 0 aliphatic carbocycles. The molecular weight excluding hydrogens is 360 g/mol. The highest BCUT2D eigenvalue weighted by molar-refractivity contribution is 6.03. The Morgan fingerprint density at radius 1 is 0.500 bits per heavy atom. The van der Waals surface area contributed by atoms with Gasteiger partial charge in [0.1, 0.15) is 0 Å². The summed E-state index contributed by atoms with van der Waals surface area (Å²) in [4.78, 5) is 24.7. The number of carbonyl (C=O) groups is 2. The van der Waals surface area contributed by atoms with Gasteiger partial charge in [-0.15, -0.1) is 0 Å². The van der Waals surface area contributed by atoms with E-state index in [1.54, 1.807) is 24.3 Å². The summed E-state index contributed by atoms with van der Waals surface area (Å²) in [5, 5.41) is 0. The van der Waals surface area contributed by atoms with Crippen LogP contribution in [-0.2, 0) is 9.47 Å². The zero-order valence-electron chi connectivity index (χ0n) is 15.7. The van der Waals surface area contributed by atoms with Crippen LogP contribution in [0.3, 0.4) is 0 Å². The summed E-state index contributed by atoms with van der Waals surface area (Å²) < 4.78 is 22.2. The molecule has 0 N–H and O–H groups in total. The standard InChI is InChI=1S/C22H24O6/c23-21-17-9-1-2-10-18(17)22(24)28-16-8-6-14-26-20-12-4-3-11-19(20)25-13-5-7-15-27-21/h1-4,9-12H,5-8,13-16H2. The highest BCUT2D eigenvalue weighted by atomic mass is 16.5. The van der Waals surface area contributed by atoms with E-state index < -0.39 is 11.9 Å². The minimum Gasteiger partial charge on any atom is -0.490 e. The van der Waals surface area contributed by atoms with E-state index in [9.17, 15) is 9.59 Å². The molecule has 0 radical (unpaired) electrons. The highest BCUT2D eigenvalue weighted by Gasteiger charge is 2.19. The van der Waals surface area contributed by atoms with Crippen molar-refractivity contribution in [2.24, 2.45) is 0 Å². The van der Waals surface area contributed by atoms with Crippen molar-refractivity contribution in [3.63, 3.8) is 0 Å². The quantitative estimate of drug-likeness (QED) is 0.639. The maximum atomic E-state index is 12.3. The molecule has 2 aromatic rings. The molecule has 3 rings (SSSR count). The Balaban J connectivity index is 1.66. The molecule has 28 heavy (non-hydrogen) atoms. The number of esters is 2. The van der Waals surface area contributed by atoms with Gasteiger partial charge in [-0.05, 0) is 49.9 Å². The Hall–Kier alpha value is -3.02. The fourth-order valence-corrected chi connectivity index (χ4v) is 2.79. The summed E-state index contributed by atoms with van der Waals surface area (Å²) in [7, 11) is 0. The predicted molar refractivity (Wildman–Crippen MR) is 103 cm³/mol. The van der Waals surface area contributed by atoms with Gasteiger partial charge in [-0.3, -0.25) is 0 Å². The van der Waals surface area contributed by atoms with Gasteiger partial charge in [0.2, 0.25) is 0 Å². The van der Waals surface area contributed by atoms with Gasteiger partial charge in [0, 0.05) is 0 Å². The Bertz CT molecular complexity index is 735. The van der Waals surface area contributed by atoms with Gasteiger partial charge in [0.25, 0.3) is 0 Å². The average Bonchev–Trinajstić information content (AvgIpc) is 2.73. The molecule has 1 aliphatic rings. The Morgan fingerprint density at radius 3 is 1.29 bits per heavy atom. The number of benzene rings is 2. The fourth-order valence-electron chi connectivity index (χ4n) is 2.79. The first-order chi connectivity index (χ1) is 13.8. The van der Waals surface area contributed by atoms with Crippen LogP contribution in [0.5, 0.6) is 11.5 Å². The zero-order valence-corrected chi connectivity index (χ0v) is 15.7. The molecule has 6 heteroatoms. The van der Waals surface area contributed by atoms with Crippen LogP contribution in [0.25, 0.3) is 0 Å². The van der Waals surface area contributed by atoms with Crippen LogP contribution in [0.2, 0.25) is 0 Å². The third kappa shape index (κ3) is 5.49. The summed E-state index contributed by atoms with van der Waals surface area (Å²) >= 11 is 0. The molecule has 0 saturated heterocycles. The molecule has 0 spiro atoms. The smallest absolute Gasteiger partial charge is 0.339 e. The Morgan fingerprint density at radius 2 is 0.857 bits per heavy atom. The van der Waals surface area contributed by atoms with Crippen LogP contribution in [0.1, 0.15) is 46.4 Å². The normalized spacial score (nSPS) is 16.7. The molecule has 0 unspecified atom stereocenters. The second kappa shape index (κ2) is 10.3. The first kappa shape index (κ1) is 19.7. The minimum atomic E-state index is -0.520. The lowest BCUT2D eigenvalue weighted by Gasteiger charge is -2.14. The fraction of sp³-hybridized carbons (Fsp3) is 0.364. The largest absolute Gasteiger partial charge is 0.490 e. The van der Waals surface area contributed by atoms with Crippen LogP contribution < -0.4 is 9.47 Å². The van der Waals surface area contributed by atoms with Crippen molar-refractivity contribution in [3.05, 3.63) is 59.7 Å². The number of carbonyl (C=O) groups excluding carboxylic acids is 2. The zero-order chi connectivity index (χ0) is 19.6. The van der Waals surface area contributed by atoms with E-state index in [1.807, 2.05) is 24.3 Å². The number of rotatable bonds is 0. The van der Waals surface area contributed by atoms with Gasteiger partial charge in [-0.25, -0.2) is 9.59 Å². The molecule has 0 bridgehead atoms. The van der Waals surface area contributed by atoms with Gasteiger partial charge in [0.05, 0.1) is 37.6 Å². The summed E-state index contributed by atoms with van der Waals surface area (Å²) in [6, 6.07) is 14.1. The van der Waals surface area contributed by atoms with E-state index in [-0.39, 0.29) is 24.3 Å². The van der Waals surface area contributed by atoms with Gasteiger partial charge in [-0.1, -0.05) is 24.3 Å². The van der Waals surface area contributed by atoms with Crippen molar-refractivity contribution in [1.29, 1.82) is 0 Å². The summed E-state index contributed by atoms with van der Waals surface area (Å²) in [6.45, 7) is 1.51. The van der Waals surface area contributed by atoms with E-state index in [2.05, 4.69) is 0 Å². The van der Waals surface area contributed by atoms with Gasteiger partial charge in [0.15, 0.2) is 11.5 Å². The second-order valence-electron chi connectivity index (χ2n) is 6.38. The van der Waals surface area contributed by atoms with Crippen LogP contribution in [0, 0.1) is 0 Å². The van der Waals surface area contributed by atoms with E-state index in [0.717, 1.165) is 12.8 Å². The second-order valence-corrected chi connectivity index (χ2v) is 6.38. The topological polar surface area (TPSA) is 71.1 Å². The first-order valence-electron chi connectivity index (χ1n) is 9.53. The van der Waals surface area contributed by atoms with Crippen molar-refractivity contribution in [3.8, 4) is 11.5 Å². The van der Waals surface area contributed by atoms with Crippen molar-refractivity contribution in [2.75, 3.05) is 26.4 Å². The van der Waals surface area contributed by atoms with Crippen molar-refractivity contribution in [2.45, 2.75) is 25.7 Å². The molecule has 148 valence electrons. The Kier molecular flexibility index (Phi) is 7.29. The third-order valence-electron chi connectivity index (χ3n) is 4.27. The lowest BCUT2D eigenvalue weighted by Crippen LogP contribution is -2.15. The molecule has 0 atom stereocenters. The Labute approximate surface area is 164 Å². The highest BCUT2D eigenvalue weighted by Crippen LogP contribution is 2.27. The summed E-state index contributed by atoms with van der Waals surface area (Å²) in [5.41, 5.74) is 0.448. The van der Waals surface area contributed by atoms with Gasteiger partial charge >= 0.3 is 11.9 Å². The molecule has 2 aromatic carbocycles. The predicted octanol–water partition coefficient (Wildman–Crippen LogP) is 4.03. The third-order valence-corrected chi connectivity index (χ3v) is 4.27. The number of para-hydroxylation sites is 2. The van der Waals surface area contributed by atoms with Crippen molar-refractivity contribution >= 4 is 11.9 Å². The molecule has 1 heterocycles. The molecule has 1 aliphatic heterocycles. The molecule has 0 fully saturated rings. The van der Waals surface area contributed by atoms with E-state index in [4.69, 9.17) is 18.9 Å². The minimum absolute atomic E-state index is 0.224. The van der Waals surface area contributed by atoms with Gasteiger partial charge < -0.3 is 18.9 Å². The summed E-state index contributed by atoms with van der Waals surface area (Å²) in [6.07, 6.45) is 2.76. The molecule has 0 amide bonds. The monoisotopic (exact) mass is 384 g/mol. The number of hydrogen-bond acceptors (Lipinski definition) is 6. The van der Waals surface area contributed by atoms with Crippen LogP contribution in [0.4, 0.5) is 0 Å². The maximum absolute atomic E-state index is 12.3. The molecular formula is C22H24O6. The summed E-state index contributed by atoms with van der Waals surface area (Å²) in [5.74, 6) is 0.351. The lowest BCUT2D eigenvalue weighted by molar-refractivity contribution is 0.0446. The van der Waals surface area contributed by atoms with Crippen molar-refractivity contribution in [1.82, 2.24) is 0 Å². The lowest BCUT2D eigenvalue weighted by atomic mass is 10.1.